The van der Waals surface area contributed by atoms with E-state index in [4.69, 9.17) is 9.47 Å². The third-order valence-electron chi connectivity index (χ3n) is 7.45. The number of ether oxygens (including phenoxy) is 2. The quantitative estimate of drug-likeness (QED) is 0.399. The molecule has 2 N–H and O–H groups in total. The summed E-state index contributed by atoms with van der Waals surface area (Å²) >= 11 is 0. The van der Waals surface area contributed by atoms with Crippen molar-refractivity contribution < 1.29 is 24.5 Å². The predicted octanol–water partition coefficient (Wildman–Crippen LogP) is 6.26. The summed E-state index contributed by atoms with van der Waals surface area (Å²) in [5.74, 6) is 1.39. The molecule has 0 aromatic heterocycles. The molecular formula is C31H33NO5. The van der Waals surface area contributed by atoms with Gasteiger partial charge in [-0.1, -0.05) is 31.2 Å². The molecule has 2 aliphatic heterocycles. The summed E-state index contributed by atoms with van der Waals surface area (Å²) in [6.45, 7) is 9.37. The van der Waals surface area contributed by atoms with E-state index in [1.165, 1.54) is 6.42 Å². The lowest BCUT2D eigenvalue weighted by Crippen LogP contribution is -2.35. The van der Waals surface area contributed by atoms with Gasteiger partial charge in [-0.05, 0) is 91.9 Å². The molecule has 0 spiro atoms. The van der Waals surface area contributed by atoms with Crippen molar-refractivity contribution >= 4 is 17.1 Å². The van der Waals surface area contributed by atoms with Gasteiger partial charge >= 0.3 is 5.97 Å². The van der Waals surface area contributed by atoms with Crippen molar-refractivity contribution in [2.75, 3.05) is 19.7 Å². The van der Waals surface area contributed by atoms with Crippen molar-refractivity contribution in [3.8, 4) is 17.2 Å². The summed E-state index contributed by atoms with van der Waals surface area (Å²) in [5.41, 5.74) is 4.50. The first-order chi connectivity index (χ1) is 17.8. The number of rotatable bonds is 7. The zero-order valence-corrected chi connectivity index (χ0v) is 21.5. The van der Waals surface area contributed by atoms with Crippen molar-refractivity contribution in [3.63, 3.8) is 0 Å². The molecule has 3 atom stereocenters. The Balaban J connectivity index is 1.43. The molecule has 2 aliphatic rings. The highest BCUT2D eigenvalue weighted by Crippen LogP contribution is 2.47. The smallest absolute Gasteiger partial charge is 0.335 e. The van der Waals surface area contributed by atoms with Gasteiger partial charge < -0.3 is 19.7 Å². The maximum atomic E-state index is 11.7. The van der Waals surface area contributed by atoms with E-state index < -0.39 is 12.1 Å². The van der Waals surface area contributed by atoms with Crippen LogP contribution < -0.4 is 9.47 Å². The van der Waals surface area contributed by atoms with Gasteiger partial charge in [0, 0.05) is 23.7 Å². The molecular weight excluding hydrogens is 466 g/mol. The maximum Gasteiger partial charge on any atom is 0.335 e. The number of nitrogens with zero attached hydrogens (tertiary/aromatic N) is 1. The first-order valence-corrected chi connectivity index (χ1v) is 12.8. The molecule has 1 unspecified atom stereocenters. The molecule has 192 valence electrons. The van der Waals surface area contributed by atoms with Crippen molar-refractivity contribution in [1.82, 2.24) is 4.90 Å². The van der Waals surface area contributed by atoms with Crippen molar-refractivity contribution in [1.29, 1.82) is 0 Å². The molecule has 6 nitrogen and oxygen atoms in total. The lowest BCUT2D eigenvalue weighted by molar-refractivity contribution is 0.0696. The van der Waals surface area contributed by atoms with Crippen LogP contribution in [-0.4, -0.2) is 46.8 Å². The minimum Gasteiger partial charge on any atom is -0.508 e. The Kier molecular flexibility index (Phi) is 6.94. The minimum absolute atomic E-state index is 0.151. The van der Waals surface area contributed by atoms with Gasteiger partial charge in [0.25, 0.3) is 0 Å². The Labute approximate surface area is 217 Å². The van der Waals surface area contributed by atoms with Gasteiger partial charge in [0.1, 0.15) is 30.0 Å². The van der Waals surface area contributed by atoms with Crippen LogP contribution in [-0.2, 0) is 0 Å². The van der Waals surface area contributed by atoms with Gasteiger partial charge in [-0.3, -0.25) is 4.90 Å². The van der Waals surface area contributed by atoms with E-state index in [0.29, 0.717) is 18.4 Å². The van der Waals surface area contributed by atoms with Gasteiger partial charge in [-0.25, -0.2) is 4.79 Å². The molecule has 1 fully saturated rings. The zero-order valence-electron chi connectivity index (χ0n) is 21.5. The number of aromatic hydroxyl groups is 1. The molecule has 1 saturated heterocycles. The van der Waals surface area contributed by atoms with Crippen LogP contribution in [0.25, 0.3) is 11.1 Å². The van der Waals surface area contributed by atoms with Crippen molar-refractivity contribution in [2.24, 2.45) is 5.92 Å². The van der Waals surface area contributed by atoms with Crippen molar-refractivity contribution in [3.05, 3.63) is 89.0 Å². The number of carboxylic acids is 1. The van der Waals surface area contributed by atoms with E-state index >= 15 is 0 Å². The number of benzene rings is 3. The molecule has 0 radical (unpaired) electrons. The average Bonchev–Trinajstić information content (AvgIpc) is 3.34. The number of carboxylic acid groups (broad SMARTS) is 1. The lowest BCUT2D eigenvalue weighted by Gasteiger charge is -2.31. The Morgan fingerprint density at radius 2 is 1.92 bits per heavy atom. The van der Waals surface area contributed by atoms with Gasteiger partial charge in [-0.15, -0.1) is 0 Å². The van der Waals surface area contributed by atoms with Crippen LogP contribution in [0, 0.1) is 5.92 Å². The number of likely N-dealkylation sites (tertiary alicyclic amines) is 1. The minimum atomic E-state index is -0.981. The van der Waals surface area contributed by atoms with Crippen LogP contribution >= 0.6 is 0 Å². The highest BCUT2D eigenvalue weighted by Gasteiger charge is 2.30. The standard InChI is InChI=1S/C31H33NO5/c1-19-13-14-32(17-19)20(2)18-36-26-10-7-22(8-11-26)30-29(23-5-4-6-24(15-23)31(34)35)21(3)27-16-25(33)9-12-28(27)37-30/h4-12,15-16,19-20,30,33H,13-14,17-18H2,1-3H3,(H,34,35)/t19-,20+,30?/m1/s1. The average molecular weight is 500 g/mol. The van der Waals surface area contributed by atoms with E-state index in [2.05, 4.69) is 18.7 Å². The molecule has 0 aliphatic carbocycles. The number of hydrogen-bond acceptors (Lipinski definition) is 5. The molecule has 5 rings (SSSR count). The molecule has 3 aromatic carbocycles. The van der Waals surface area contributed by atoms with E-state index in [0.717, 1.165) is 52.6 Å². The van der Waals surface area contributed by atoms with Crippen molar-refractivity contribution in [2.45, 2.75) is 39.3 Å². The van der Waals surface area contributed by atoms with E-state index in [9.17, 15) is 15.0 Å². The van der Waals surface area contributed by atoms with E-state index in [1.807, 2.05) is 37.3 Å². The van der Waals surface area contributed by atoms with Gasteiger partial charge in [0.05, 0.1) is 5.56 Å². The zero-order chi connectivity index (χ0) is 26.1. The summed E-state index contributed by atoms with van der Waals surface area (Å²) in [6.07, 6.45) is 0.800. The van der Waals surface area contributed by atoms with E-state index in [1.54, 1.807) is 36.4 Å². The summed E-state index contributed by atoms with van der Waals surface area (Å²) in [4.78, 5) is 14.1. The lowest BCUT2D eigenvalue weighted by atomic mass is 9.85. The number of hydrogen-bond donors (Lipinski definition) is 2. The van der Waals surface area contributed by atoms with Crippen LogP contribution in [0.1, 0.15) is 60.3 Å². The highest BCUT2D eigenvalue weighted by atomic mass is 16.5. The maximum absolute atomic E-state index is 11.7. The molecule has 0 saturated carbocycles. The fourth-order valence-corrected chi connectivity index (χ4v) is 5.29. The number of phenolic OH excluding ortho intramolecular Hbond substituents is 1. The first-order valence-electron chi connectivity index (χ1n) is 12.8. The summed E-state index contributed by atoms with van der Waals surface area (Å²) in [6, 6.07) is 20.2. The van der Waals surface area contributed by atoms with Crippen LogP contribution in [0.2, 0.25) is 0 Å². The van der Waals surface area contributed by atoms with Crippen LogP contribution in [0.3, 0.4) is 0 Å². The second kappa shape index (κ2) is 10.3. The normalized spacial score (nSPS) is 20.3. The molecule has 6 heteroatoms. The number of aromatic carboxylic acids is 1. The Morgan fingerprint density at radius 1 is 1.14 bits per heavy atom. The SMILES string of the molecule is CC1=C(c2cccc(C(=O)O)c2)C(c2ccc(OC[C@H](C)N3CC[C@@H](C)C3)cc2)Oc2ccc(O)cc21. The Morgan fingerprint density at radius 3 is 2.62 bits per heavy atom. The van der Waals surface area contributed by atoms with Gasteiger partial charge in [0.15, 0.2) is 0 Å². The van der Waals surface area contributed by atoms with Crippen LogP contribution in [0.15, 0.2) is 66.7 Å². The van der Waals surface area contributed by atoms with E-state index in [-0.39, 0.29) is 11.3 Å². The fraction of sp³-hybridized carbons (Fsp3) is 0.323. The summed E-state index contributed by atoms with van der Waals surface area (Å²) in [5, 5.41) is 19.6. The molecule has 0 bridgehead atoms. The monoisotopic (exact) mass is 499 g/mol. The molecule has 0 amide bonds. The Bertz CT molecular complexity index is 1330. The predicted molar refractivity (Wildman–Crippen MR) is 144 cm³/mol. The first kappa shape index (κ1) is 24.9. The summed E-state index contributed by atoms with van der Waals surface area (Å²) < 4.78 is 12.6. The van der Waals surface area contributed by atoms with Gasteiger partial charge in [-0.2, -0.15) is 0 Å². The fourth-order valence-electron chi connectivity index (χ4n) is 5.29. The second-order valence-corrected chi connectivity index (χ2v) is 10.2. The highest BCUT2D eigenvalue weighted by molar-refractivity contribution is 5.97. The number of allylic oxidation sites excluding steroid dienone is 1. The molecule has 3 aromatic rings. The number of phenols is 1. The molecule has 37 heavy (non-hydrogen) atoms. The third-order valence-corrected chi connectivity index (χ3v) is 7.45. The van der Waals surface area contributed by atoms with Gasteiger partial charge in [0.2, 0.25) is 0 Å². The number of carbonyl (C=O) groups is 1. The second-order valence-electron chi connectivity index (χ2n) is 10.2. The Hall–Kier alpha value is -3.77. The third kappa shape index (κ3) is 5.20. The van der Waals surface area contributed by atoms with Crippen LogP contribution in [0.4, 0.5) is 0 Å². The summed E-state index contributed by atoms with van der Waals surface area (Å²) in [7, 11) is 0. The van der Waals surface area contributed by atoms with Crippen LogP contribution in [0.5, 0.6) is 17.2 Å². The topological polar surface area (TPSA) is 79.2 Å². The molecule has 2 heterocycles. The number of fused-ring (bicyclic) bond motifs is 1. The largest absolute Gasteiger partial charge is 0.508 e.